The molecule has 69 heavy (non-hydrogen) atoms. The smallest absolute Gasteiger partial charge is 0.0541 e. The van der Waals surface area contributed by atoms with Crippen molar-refractivity contribution >= 4 is 62.8 Å². The molecule has 3 nitrogen and oxygen atoms in total. The van der Waals surface area contributed by atoms with E-state index < -0.39 is 0 Å². The first-order valence-corrected chi connectivity index (χ1v) is 23.9. The van der Waals surface area contributed by atoms with Gasteiger partial charge in [-0.05, 0) is 150 Å². The molecule has 3 heteroatoms. The third kappa shape index (κ3) is 8.38. The lowest BCUT2D eigenvalue weighted by atomic mass is 9.80. The van der Waals surface area contributed by atoms with Gasteiger partial charge in [0.2, 0.25) is 0 Å². The summed E-state index contributed by atoms with van der Waals surface area (Å²) in [6, 6.07) is 72.3. The van der Waals surface area contributed by atoms with Gasteiger partial charge in [0.15, 0.2) is 0 Å². The summed E-state index contributed by atoms with van der Waals surface area (Å²) in [5.41, 5.74) is 20.6. The molecule has 10 rings (SSSR count). The van der Waals surface area contributed by atoms with Crippen LogP contribution in [0.15, 0.2) is 243 Å². The molecule has 0 saturated heterocycles. The average molecular weight is 892 g/mol. The van der Waals surface area contributed by atoms with E-state index in [1.807, 2.05) is 12.2 Å². The highest BCUT2D eigenvalue weighted by Gasteiger charge is 2.36. The molecule has 0 amide bonds. The number of anilines is 6. The second kappa shape index (κ2) is 19.1. The van der Waals surface area contributed by atoms with Crippen LogP contribution in [0.5, 0.6) is 0 Å². The quantitative estimate of drug-likeness (QED) is 0.108. The van der Waals surface area contributed by atoms with Crippen molar-refractivity contribution in [1.82, 2.24) is 4.57 Å². The van der Waals surface area contributed by atoms with Crippen molar-refractivity contribution in [2.75, 3.05) is 9.80 Å². The minimum absolute atomic E-state index is 0.204. The van der Waals surface area contributed by atoms with E-state index in [0.717, 1.165) is 56.6 Å². The molecule has 0 unspecified atom stereocenters. The van der Waals surface area contributed by atoms with Crippen LogP contribution >= 0.6 is 0 Å². The minimum Gasteiger partial charge on any atom is -0.310 e. The average Bonchev–Trinajstić information content (AvgIpc) is 3.82. The van der Waals surface area contributed by atoms with Crippen molar-refractivity contribution in [2.45, 2.75) is 39.5 Å². The summed E-state index contributed by atoms with van der Waals surface area (Å²) < 4.78 is 2.37. The Labute approximate surface area is 408 Å². The number of aromatic nitrogens is 1. The number of hydrogen-bond donors (Lipinski definition) is 0. The van der Waals surface area contributed by atoms with Crippen molar-refractivity contribution < 1.29 is 0 Å². The van der Waals surface area contributed by atoms with Gasteiger partial charge in [-0.3, -0.25) is 0 Å². The topological polar surface area (TPSA) is 11.4 Å². The Balaban J connectivity index is 1.13. The summed E-state index contributed by atoms with van der Waals surface area (Å²) in [7, 11) is 0. The summed E-state index contributed by atoms with van der Waals surface area (Å²) in [6.45, 7) is 17.5. The Bertz CT molecular complexity index is 3400. The molecule has 9 aromatic rings. The third-order valence-electron chi connectivity index (χ3n) is 13.6. The highest BCUT2D eigenvalue weighted by Crippen LogP contribution is 2.50. The number of allylic oxidation sites excluding steroid dienone is 6. The van der Waals surface area contributed by atoms with Crippen LogP contribution in [0.25, 0.3) is 45.4 Å². The molecule has 0 aliphatic heterocycles. The fraction of sp³-hybridized carbons (Fsp3) is 0.0909. The normalized spacial score (nSPS) is 13.0. The zero-order chi connectivity index (χ0) is 47.5. The lowest BCUT2D eigenvalue weighted by molar-refractivity contribution is 0.654. The number of aryl methyl sites for hydroxylation is 1. The van der Waals surface area contributed by atoms with Gasteiger partial charge in [0.1, 0.15) is 0 Å². The lowest BCUT2D eigenvalue weighted by Gasteiger charge is -2.31. The highest BCUT2D eigenvalue weighted by atomic mass is 15.2. The molecule has 0 bridgehead atoms. The molecule has 0 saturated carbocycles. The largest absolute Gasteiger partial charge is 0.310 e. The van der Waals surface area contributed by atoms with Gasteiger partial charge in [-0.1, -0.05) is 178 Å². The number of para-hydroxylation sites is 3. The molecule has 0 N–H and O–H groups in total. The molecule has 8 aromatic carbocycles. The number of rotatable bonds is 14. The molecule has 0 atom stereocenters. The third-order valence-corrected chi connectivity index (χ3v) is 13.6. The van der Waals surface area contributed by atoms with Gasteiger partial charge in [0, 0.05) is 56.2 Å². The van der Waals surface area contributed by atoms with Crippen LogP contribution in [-0.4, -0.2) is 4.57 Å². The number of hydrogen-bond acceptors (Lipinski definition) is 2. The summed E-state index contributed by atoms with van der Waals surface area (Å²) in [5, 5.41) is 1.17. The fourth-order valence-electron chi connectivity index (χ4n) is 10.2. The SMILES string of the molecule is C=CC1=C(/C=C\C)C(C)(C)c2cc(N(c3ccccc3)c3ccc(N(c4ccccc4)c4ccc(C)cc4)c(C/C=C\c4c(C=C)c5ccccc5n4-c4ccc(-c5ccccc5)cc4)c3)ccc21. The van der Waals surface area contributed by atoms with E-state index in [-0.39, 0.29) is 5.41 Å². The second-order valence-electron chi connectivity index (χ2n) is 18.3. The van der Waals surface area contributed by atoms with Crippen LogP contribution in [0.1, 0.15) is 54.3 Å². The predicted molar refractivity (Wildman–Crippen MR) is 297 cm³/mol. The Morgan fingerprint density at radius 2 is 1.13 bits per heavy atom. The van der Waals surface area contributed by atoms with E-state index in [2.05, 4.69) is 280 Å². The van der Waals surface area contributed by atoms with Gasteiger partial charge in [0.05, 0.1) is 11.2 Å². The van der Waals surface area contributed by atoms with Gasteiger partial charge < -0.3 is 14.4 Å². The maximum atomic E-state index is 4.35. The molecule has 336 valence electrons. The Hall–Kier alpha value is -8.40. The number of benzene rings is 8. The number of nitrogens with zero attached hydrogens (tertiary/aromatic N) is 3. The van der Waals surface area contributed by atoms with Crippen molar-refractivity contribution in [1.29, 1.82) is 0 Å². The zero-order valence-corrected chi connectivity index (χ0v) is 40.0. The standard InChI is InChI=1S/C66H57N3/c1-7-22-61-57(8-2)59-43-41-56(46-62(59)66(61,5)6)67(51-26-15-11-16-27-51)55-42-44-63(68(52-28-17-12-18-29-52)53-37-33-47(4)34-38-53)50(45-55)25-21-32-64-58(9-3)60-30-19-20-31-65(60)69(64)54-39-35-49(36-40-54)48-23-13-10-14-24-48/h7-24,26-46H,2-3,25H2,1,4-6H3/b22-7-,32-21-. The van der Waals surface area contributed by atoms with Crippen molar-refractivity contribution in [2.24, 2.45) is 0 Å². The zero-order valence-electron chi connectivity index (χ0n) is 40.0. The van der Waals surface area contributed by atoms with Crippen molar-refractivity contribution in [3.05, 3.63) is 277 Å². The first kappa shape index (κ1) is 44.4. The van der Waals surface area contributed by atoms with Gasteiger partial charge in [-0.25, -0.2) is 0 Å². The first-order chi connectivity index (χ1) is 33.8. The van der Waals surface area contributed by atoms with Crippen LogP contribution in [0, 0.1) is 6.92 Å². The Morgan fingerprint density at radius 3 is 1.80 bits per heavy atom. The van der Waals surface area contributed by atoms with Gasteiger partial charge in [-0.2, -0.15) is 0 Å². The maximum Gasteiger partial charge on any atom is 0.0541 e. The summed E-state index contributed by atoms with van der Waals surface area (Å²) in [6.07, 6.45) is 13.7. The molecule has 0 radical (unpaired) electrons. The molecule has 1 heterocycles. The van der Waals surface area contributed by atoms with Crippen LogP contribution in [0.4, 0.5) is 34.1 Å². The fourth-order valence-corrected chi connectivity index (χ4v) is 10.2. The van der Waals surface area contributed by atoms with E-state index in [4.69, 9.17) is 0 Å². The summed E-state index contributed by atoms with van der Waals surface area (Å²) in [4.78, 5) is 4.79. The van der Waals surface area contributed by atoms with E-state index in [1.165, 1.54) is 49.9 Å². The van der Waals surface area contributed by atoms with Crippen LogP contribution in [0.2, 0.25) is 0 Å². The van der Waals surface area contributed by atoms with Gasteiger partial charge in [-0.15, -0.1) is 0 Å². The number of fused-ring (bicyclic) bond motifs is 2. The Kier molecular flexibility index (Phi) is 12.3. The van der Waals surface area contributed by atoms with E-state index in [0.29, 0.717) is 6.42 Å². The molecule has 0 spiro atoms. The van der Waals surface area contributed by atoms with Gasteiger partial charge >= 0.3 is 0 Å². The van der Waals surface area contributed by atoms with Crippen LogP contribution in [-0.2, 0) is 11.8 Å². The lowest BCUT2D eigenvalue weighted by Crippen LogP contribution is -2.18. The van der Waals surface area contributed by atoms with Crippen LogP contribution < -0.4 is 9.80 Å². The Morgan fingerprint density at radius 1 is 0.551 bits per heavy atom. The van der Waals surface area contributed by atoms with Gasteiger partial charge in [0.25, 0.3) is 0 Å². The summed E-state index contributed by atoms with van der Waals surface area (Å²) in [5.74, 6) is 0. The molecular weight excluding hydrogens is 835 g/mol. The van der Waals surface area contributed by atoms with E-state index >= 15 is 0 Å². The molecule has 0 fully saturated rings. The first-order valence-electron chi connectivity index (χ1n) is 23.9. The second-order valence-corrected chi connectivity index (χ2v) is 18.3. The molecular formula is C66H57N3. The van der Waals surface area contributed by atoms with Crippen molar-refractivity contribution in [3.63, 3.8) is 0 Å². The maximum absolute atomic E-state index is 4.35. The molecule has 1 aromatic heterocycles. The predicted octanol–water partition coefficient (Wildman–Crippen LogP) is 18.3. The summed E-state index contributed by atoms with van der Waals surface area (Å²) >= 11 is 0. The highest BCUT2D eigenvalue weighted by molar-refractivity contribution is 5.96. The van der Waals surface area contributed by atoms with E-state index in [1.54, 1.807) is 0 Å². The minimum atomic E-state index is -0.204. The van der Waals surface area contributed by atoms with Crippen molar-refractivity contribution in [3.8, 4) is 16.8 Å². The van der Waals surface area contributed by atoms with Crippen LogP contribution in [0.3, 0.4) is 0 Å². The molecule has 1 aliphatic carbocycles. The van der Waals surface area contributed by atoms with E-state index in [9.17, 15) is 0 Å². The monoisotopic (exact) mass is 891 g/mol. The molecule has 1 aliphatic rings.